The summed E-state index contributed by atoms with van der Waals surface area (Å²) in [6, 6.07) is 0.0705. The highest BCUT2D eigenvalue weighted by atomic mass is 35.5. The third-order valence-electron chi connectivity index (χ3n) is 1.88. The van der Waals surface area contributed by atoms with Crippen LogP contribution in [0.25, 0.3) is 0 Å². The normalized spacial score (nSPS) is 25.1. The zero-order valence-electron chi connectivity index (χ0n) is 6.52. The highest BCUT2D eigenvalue weighted by Gasteiger charge is 2.44. The Balaban J connectivity index is 0.000001000. The molecule has 1 atom stereocenters. The van der Waals surface area contributed by atoms with Gasteiger partial charge in [-0.15, -0.1) is 12.4 Å². The van der Waals surface area contributed by atoms with Gasteiger partial charge >= 0.3 is 0 Å². The summed E-state index contributed by atoms with van der Waals surface area (Å²) in [6.45, 7) is 1.86. The largest absolute Gasteiger partial charge is 0.328 e. The first-order valence-corrected chi connectivity index (χ1v) is 3.63. The van der Waals surface area contributed by atoms with Gasteiger partial charge in [-0.3, -0.25) is 0 Å². The molecule has 0 bridgehead atoms. The van der Waals surface area contributed by atoms with Gasteiger partial charge in [-0.05, 0) is 19.3 Å². The Bertz CT molecular complexity index is 117. The van der Waals surface area contributed by atoms with Crippen molar-refractivity contribution < 1.29 is 8.78 Å². The van der Waals surface area contributed by atoms with Gasteiger partial charge in [0.25, 0.3) is 0 Å². The van der Waals surface area contributed by atoms with Crippen LogP contribution in [0.15, 0.2) is 0 Å². The van der Waals surface area contributed by atoms with Crippen molar-refractivity contribution in [3.63, 3.8) is 0 Å². The quantitative estimate of drug-likeness (QED) is 0.701. The summed E-state index contributed by atoms with van der Waals surface area (Å²) in [6.07, 6.45) is 0.846. The maximum atomic E-state index is 12.2. The Hall–Kier alpha value is 0.110. The highest BCUT2D eigenvalue weighted by Crippen LogP contribution is 2.44. The Morgan fingerprint density at radius 2 is 2.00 bits per heavy atom. The van der Waals surface area contributed by atoms with Gasteiger partial charge in [0.15, 0.2) is 0 Å². The second kappa shape index (κ2) is 3.68. The van der Waals surface area contributed by atoms with Crippen molar-refractivity contribution in [2.45, 2.75) is 38.2 Å². The summed E-state index contributed by atoms with van der Waals surface area (Å²) in [5.74, 6) is -2.20. The van der Waals surface area contributed by atoms with E-state index in [0.29, 0.717) is 0 Å². The molecule has 0 unspecified atom stereocenters. The molecule has 0 aromatic carbocycles. The molecule has 1 nitrogen and oxygen atoms in total. The first kappa shape index (κ1) is 11.1. The maximum Gasteiger partial charge on any atom is 0.248 e. The second-order valence-corrected chi connectivity index (χ2v) is 3.34. The predicted molar refractivity (Wildman–Crippen MR) is 43.2 cm³/mol. The average molecular weight is 186 g/mol. The van der Waals surface area contributed by atoms with Crippen LogP contribution in [-0.2, 0) is 0 Å². The van der Waals surface area contributed by atoms with Crippen LogP contribution in [0.1, 0.15) is 26.2 Å². The summed E-state index contributed by atoms with van der Waals surface area (Å²) >= 11 is 0. The van der Waals surface area contributed by atoms with Gasteiger partial charge in [0.2, 0.25) is 5.92 Å². The summed E-state index contributed by atoms with van der Waals surface area (Å²) in [4.78, 5) is 0. The van der Waals surface area contributed by atoms with Crippen LogP contribution in [0.5, 0.6) is 0 Å². The van der Waals surface area contributed by atoms with Gasteiger partial charge in [-0.1, -0.05) is 0 Å². The fraction of sp³-hybridized carbons (Fsp3) is 1.00. The van der Waals surface area contributed by atoms with Crippen LogP contribution >= 0.6 is 12.4 Å². The van der Waals surface area contributed by atoms with Gasteiger partial charge in [0.1, 0.15) is 0 Å². The van der Waals surface area contributed by atoms with Crippen LogP contribution in [0.4, 0.5) is 8.78 Å². The van der Waals surface area contributed by atoms with Gasteiger partial charge < -0.3 is 5.73 Å². The van der Waals surface area contributed by atoms with Crippen molar-refractivity contribution >= 4 is 12.4 Å². The van der Waals surface area contributed by atoms with Gasteiger partial charge in [-0.25, -0.2) is 8.78 Å². The van der Waals surface area contributed by atoms with E-state index in [-0.39, 0.29) is 37.2 Å². The van der Waals surface area contributed by atoms with Crippen molar-refractivity contribution in [2.75, 3.05) is 0 Å². The number of hydrogen-bond donors (Lipinski definition) is 1. The van der Waals surface area contributed by atoms with Crippen LogP contribution in [-0.4, -0.2) is 12.0 Å². The maximum absolute atomic E-state index is 12.2. The Kier molecular flexibility index (Phi) is 3.71. The monoisotopic (exact) mass is 185 g/mol. The molecule has 1 rings (SSSR count). The molecule has 0 spiro atoms. The average Bonchev–Trinajstić information content (AvgIpc) is 1.57. The lowest BCUT2D eigenvalue weighted by molar-refractivity contribution is -0.112. The molecule has 0 aromatic heterocycles. The minimum absolute atomic E-state index is 0. The topological polar surface area (TPSA) is 26.0 Å². The van der Waals surface area contributed by atoms with E-state index in [1.165, 1.54) is 0 Å². The summed E-state index contributed by atoms with van der Waals surface area (Å²) in [5, 5.41) is 0. The van der Waals surface area contributed by atoms with Crippen LogP contribution in [0.2, 0.25) is 0 Å². The van der Waals surface area contributed by atoms with Gasteiger partial charge in [0, 0.05) is 18.9 Å². The Labute approximate surface area is 71.7 Å². The Morgan fingerprint density at radius 3 is 2.27 bits per heavy atom. The standard InChI is InChI=1S/C7H13F2N.ClH/c1-5(10)2-6-3-7(8,9)4-6;/h5-6H,2-4,10H2,1H3;1H/t5-;/m0./s1. The van der Waals surface area contributed by atoms with Crippen molar-refractivity contribution in [3.05, 3.63) is 0 Å². The molecule has 11 heavy (non-hydrogen) atoms. The zero-order valence-corrected chi connectivity index (χ0v) is 7.33. The first-order chi connectivity index (χ1) is 4.49. The molecule has 0 saturated heterocycles. The minimum Gasteiger partial charge on any atom is -0.328 e. The third kappa shape index (κ3) is 3.34. The number of hydrogen-bond acceptors (Lipinski definition) is 1. The van der Waals surface area contributed by atoms with Crippen LogP contribution in [0.3, 0.4) is 0 Å². The zero-order chi connectivity index (χ0) is 7.78. The molecule has 0 radical (unpaired) electrons. The molecule has 4 heteroatoms. The van der Waals surface area contributed by atoms with E-state index in [1.54, 1.807) is 0 Å². The molecule has 0 aliphatic heterocycles. The van der Waals surface area contributed by atoms with E-state index >= 15 is 0 Å². The van der Waals surface area contributed by atoms with Gasteiger partial charge in [0.05, 0.1) is 0 Å². The first-order valence-electron chi connectivity index (χ1n) is 3.63. The molecule has 0 amide bonds. The number of rotatable bonds is 2. The fourth-order valence-electron chi connectivity index (χ4n) is 1.48. The molecule has 68 valence electrons. The molecule has 1 aliphatic carbocycles. The van der Waals surface area contributed by atoms with E-state index < -0.39 is 5.92 Å². The molecule has 1 saturated carbocycles. The molecule has 0 heterocycles. The summed E-state index contributed by atoms with van der Waals surface area (Å²) in [7, 11) is 0. The van der Waals surface area contributed by atoms with E-state index in [2.05, 4.69) is 0 Å². The molecule has 1 aliphatic rings. The van der Waals surface area contributed by atoms with E-state index in [1.807, 2.05) is 6.92 Å². The fourth-order valence-corrected chi connectivity index (χ4v) is 1.48. The molecular weight excluding hydrogens is 172 g/mol. The van der Waals surface area contributed by atoms with Crippen molar-refractivity contribution in [3.8, 4) is 0 Å². The van der Waals surface area contributed by atoms with E-state index in [4.69, 9.17) is 5.73 Å². The van der Waals surface area contributed by atoms with Gasteiger partial charge in [-0.2, -0.15) is 0 Å². The molecular formula is C7H14ClF2N. The number of alkyl halides is 2. The third-order valence-corrected chi connectivity index (χ3v) is 1.88. The minimum atomic E-state index is -2.38. The lowest BCUT2D eigenvalue weighted by atomic mass is 9.78. The summed E-state index contributed by atoms with van der Waals surface area (Å²) in [5.41, 5.74) is 5.45. The van der Waals surface area contributed by atoms with E-state index in [0.717, 1.165) is 6.42 Å². The van der Waals surface area contributed by atoms with Crippen LogP contribution < -0.4 is 5.73 Å². The number of halogens is 3. The highest BCUT2D eigenvalue weighted by molar-refractivity contribution is 5.85. The lowest BCUT2D eigenvalue weighted by Gasteiger charge is -2.35. The molecule has 0 aromatic rings. The lowest BCUT2D eigenvalue weighted by Crippen LogP contribution is -2.38. The SMILES string of the molecule is C[C@H](N)CC1CC(F)(F)C1.Cl. The van der Waals surface area contributed by atoms with Crippen molar-refractivity contribution in [2.24, 2.45) is 11.7 Å². The Morgan fingerprint density at radius 1 is 1.55 bits per heavy atom. The van der Waals surface area contributed by atoms with Crippen molar-refractivity contribution in [1.29, 1.82) is 0 Å². The molecule has 2 N–H and O–H groups in total. The predicted octanol–water partition coefficient (Wildman–Crippen LogP) is 2.19. The molecule has 1 fully saturated rings. The van der Waals surface area contributed by atoms with Crippen LogP contribution in [0, 0.1) is 5.92 Å². The van der Waals surface area contributed by atoms with E-state index in [9.17, 15) is 8.78 Å². The van der Waals surface area contributed by atoms with Crippen molar-refractivity contribution in [1.82, 2.24) is 0 Å². The smallest absolute Gasteiger partial charge is 0.248 e. The summed E-state index contributed by atoms with van der Waals surface area (Å²) < 4.78 is 24.4. The second-order valence-electron chi connectivity index (χ2n) is 3.34. The number of nitrogens with two attached hydrogens (primary N) is 1.